The number of nitrogens with two attached hydrogens (primary N) is 1. The van der Waals surface area contributed by atoms with Gasteiger partial charge in [0.25, 0.3) is 5.91 Å². The second kappa shape index (κ2) is 12.5. The number of nitrogens with zero attached hydrogens (tertiary/aromatic N) is 1. The molecule has 0 saturated carbocycles. The first kappa shape index (κ1) is 26.5. The Balaban J connectivity index is 1.61. The molecule has 0 aliphatic carbocycles. The lowest BCUT2D eigenvalue weighted by atomic mass is 10.1. The summed E-state index contributed by atoms with van der Waals surface area (Å²) < 4.78 is 66.5. The number of likely N-dealkylation sites (tertiary alicyclic amines) is 1. The van der Waals surface area contributed by atoms with Crippen molar-refractivity contribution < 1.29 is 36.3 Å². The molecule has 4 N–H and O–H groups in total. The fourth-order valence-electron chi connectivity index (χ4n) is 3.44. The van der Waals surface area contributed by atoms with Crippen LogP contribution in [0.2, 0.25) is 0 Å². The van der Waals surface area contributed by atoms with Crippen LogP contribution >= 0.6 is 0 Å². The van der Waals surface area contributed by atoms with Gasteiger partial charge in [-0.25, -0.2) is 22.0 Å². The molecule has 7 nitrogen and oxygen atoms in total. The topological polar surface area (TPSA) is 105 Å². The van der Waals surface area contributed by atoms with Crippen molar-refractivity contribution in [2.75, 3.05) is 26.2 Å². The number of amides is 3. The van der Waals surface area contributed by atoms with E-state index in [0.717, 1.165) is 25.9 Å². The van der Waals surface area contributed by atoms with Gasteiger partial charge in [0.2, 0.25) is 17.6 Å². The second-order valence-electron chi connectivity index (χ2n) is 7.79. The molecule has 33 heavy (non-hydrogen) atoms. The Labute approximate surface area is 187 Å². The van der Waals surface area contributed by atoms with E-state index in [0.29, 0.717) is 25.8 Å². The minimum absolute atomic E-state index is 0.0235. The summed E-state index contributed by atoms with van der Waals surface area (Å²) in [5.74, 6) is -13.1. The largest absolute Gasteiger partial charge is 0.356 e. The fraction of sp³-hybridized carbons (Fsp3) is 0.571. The Kier molecular flexibility index (Phi) is 10.0. The number of carbonyl (C=O) groups is 3. The Morgan fingerprint density at radius 2 is 1.36 bits per heavy atom. The molecule has 1 aromatic carbocycles. The van der Waals surface area contributed by atoms with Gasteiger partial charge in [0, 0.05) is 32.6 Å². The van der Waals surface area contributed by atoms with Crippen LogP contribution in [0.15, 0.2) is 0 Å². The Bertz CT molecular complexity index is 849. The van der Waals surface area contributed by atoms with E-state index >= 15 is 0 Å². The first-order valence-electron chi connectivity index (χ1n) is 10.8. The molecule has 1 heterocycles. The summed E-state index contributed by atoms with van der Waals surface area (Å²) in [5.41, 5.74) is 4.34. The van der Waals surface area contributed by atoms with Gasteiger partial charge < -0.3 is 21.3 Å². The van der Waals surface area contributed by atoms with Crippen LogP contribution in [0.25, 0.3) is 0 Å². The number of hydrogen-bond donors (Lipinski definition) is 3. The summed E-state index contributed by atoms with van der Waals surface area (Å²) in [4.78, 5) is 37.4. The number of halogens is 5. The van der Waals surface area contributed by atoms with E-state index in [2.05, 4.69) is 5.32 Å². The highest BCUT2D eigenvalue weighted by molar-refractivity contribution is 5.94. The standard InChI is InChI=1S/C21H27F5N4O3/c22-15-14(16(23)18(25)19(26)17(15)24)20(32)29-9-5-7-13(31)28-8-2-1-6-12(27)21(33)30-10-3-4-11-30/h12H,1-11,27H2,(H,28,31)(H,29,32)/t12-/m0/s1. The van der Waals surface area contributed by atoms with Gasteiger partial charge in [-0.1, -0.05) is 0 Å². The van der Waals surface area contributed by atoms with Crippen molar-refractivity contribution in [3.05, 3.63) is 34.6 Å². The van der Waals surface area contributed by atoms with Crippen LogP contribution in [0.5, 0.6) is 0 Å². The minimum atomic E-state index is -2.35. The first-order valence-corrected chi connectivity index (χ1v) is 10.8. The molecule has 2 rings (SSSR count). The summed E-state index contributed by atoms with van der Waals surface area (Å²) in [6.07, 6.45) is 3.82. The molecule has 0 unspecified atom stereocenters. The normalized spacial score (nSPS) is 14.3. The Morgan fingerprint density at radius 1 is 0.818 bits per heavy atom. The van der Waals surface area contributed by atoms with Gasteiger partial charge in [-0.05, 0) is 38.5 Å². The van der Waals surface area contributed by atoms with Crippen molar-refractivity contribution in [3.8, 4) is 0 Å². The molecule has 184 valence electrons. The number of unbranched alkanes of at least 4 members (excludes halogenated alkanes) is 1. The molecule has 1 aliphatic rings. The van der Waals surface area contributed by atoms with E-state index in [9.17, 15) is 36.3 Å². The zero-order valence-corrected chi connectivity index (χ0v) is 18.0. The number of benzene rings is 1. The lowest BCUT2D eigenvalue weighted by Gasteiger charge is -2.20. The molecular formula is C21H27F5N4O3. The maximum Gasteiger partial charge on any atom is 0.257 e. The van der Waals surface area contributed by atoms with Crippen LogP contribution in [-0.2, 0) is 9.59 Å². The number of carbonyl (C=O) groups excluding carboxylic acids is 3. The minimum Gasteiger partial charge on any atom is -0.356 e. The lowest BCUT2D eigenvalue weighted by molar-refractivity contribution is -0.131. The van der Waals surface area contributed by atoms with Crippen molar-refractivity contribution in [1.29, 1.82) is 0 Å². The smallest absolute Gasteiger partial charge is 0.257 e. The van der Waals surface area contributed by atoms with Gasteiger partial charge in [0.15, 0.2) is 23.3 Å². The lowest BCUT2D eigenvalue weighted by Crippen LogP contribution is -2.42. The number of hydrogen-bond acceptors (Lipinski definition) is 4. The van der Waals surface area contributed by atoms with Gasteiger partial charge in [-0.2, -0.15) is 0 Å². The maximum atomic E-state index is 13.6. The predicted molar refractivity (Wildman–Crippen MR) is 108 cm³/mol. The van der Waals surface area contributed by atoms with Crippen LogP contribution in [-0.4, -0.2) is 54.8 Å². The molecule has 3 amide bonds. The first-order chi connectivity index (χ1) is 15.6. The Morgan fingerprint density at radius 3 is 1.97 bits per heavy atom. The average Bonchev–Trinajstić information content (AvgIpc) is 3.33. The SMILES string of the molecule is N[C@@H](CCCCNC(=O)CCCNC(=O)c1c(F)c(F)c(F)c(F)c1F)C(=O)N1CCCC1. The van der Waals surface area contributed by atoms with E-state index in [1.807, 2.05) is 5.32 Å². The van der Waals surface area contributed by atoms with E-state index < -0.39 is 46.6 Å². The van der Waals surface area contributed by atoms with Crippen molar-refractivity contribution in [3.63, 3.8) is 0 Å². The van der Waals surface area contributed by atoms with E-state index in [1.165, 1.54) is 0 Å². The summed E-state index contributed by atoms with van der Waals surface area (Å²) in [7, 11) is 0. The predicted octanol–water partition coefficient (Wildman–Crippen LogP) is 2.13. The average molecular weight is 478 g/mol. The van der Waals surface area contributed by atoms with Gasteiger partial charge in [0.1, 0.15) is 5.56 Å². The van der Waals surface area contributed by atoms with Gasteiger partial charge in [-0.15, -0.1) is 0 Å². The third kappa shape index (κ3) is 7.11. The van der Waals surface area contributed by atoms with E-state index in [4.69, 9.17) is 5.73 Å². The highest BCUT2D eigenvalue weighted by atomic mass is 19.2. The third-order valence-corrected chi connectivity index (χ3v) is 5.30. The molecule has 1 aromatic rings. The molecule has 0 aromatic heterocycles. The molecule has 1 fully saturated rings. The van der Waals surface area contributed by atoms with E-state index in [-0.39, 0.29) is 31.2 Å². The Hall–Kier alpha value is -2.76. The summed E-state index contributed by atoms with van der Waals surface area (Å²) >= 11 is 0. The summed E-state index contributed by atoms with van der Waals surface area (Å²) in [6.45, 7) is 1.63. The van der Waals surface area contributed by atoms with Crippen LogP contribution in [0, 0.1) is 29.1 Å². The molecule has 0 spiro atoms. The molecular weight excluding hydrogens is 451 g/mol. The van der Waals surface area contributed by atoms with Crippen molar-refractivity contribution in [2.45, 2.75) is 51.0 Å². The van der Waals surface area contributed by atoms with Crippen molar-refractivity contribution in [2.24, 2.45) is 5.73 Å². The summed E-state index contributed by atoms with van der Waals surface area (Å²) in [6, 6.07) is -0.555. The molecule has 1 saturated heterocycles. The van der Waals surface area contributed by atoms with E-state index in [1.54, 1.807) is 4.90 Å². The second-order valence-corrected chi connectivity index (χ2v) is 7.79. The highest BCUT2D eigenvalue weighted by Crippen LogP contribution is 2.22. The summed E-state index contributed by atoms with van der Waals surface area (Å²) in [5, 5.41) is 4.68. The number of nitrogens with one attached hydrogen (secondary N) is 2. The van der Waals surface area contributed by atoms with Crippen molar-refractivity contribution >= 4 is 17.7 Å². The zero-order valence-electron chi connectivity index (χ0n) is 18.0. The number of rotatable bonds is 11. The quantitative estimate of drug-likeness (QED) is 0.196. The van der Waals surface area contributed by atoms with Crippen molar-refractivity contribution in [1.82, 2.24) is 15.5 Å². The maximum absolute atomic E-state index is 13.6. The van der Waals surface area contributed by atoms with Gasteiger partial charge in [-0.3, -0.25) is 14.4 Å². The fourth-order valence-corrected chi connectivity index (χ4v) is 3.44. The van der Waals surface area contributed by atoms with Gasteiger partial charge >= 0.3 is 0 Å². The van der Waals surface area contributed by atoms with Crippen LogP contribution in [0.3, 0.4) is 0 Å². The molecule has 0 bridgehead atoms. The van der Waals surface area contributed by atoms with Gasteiger partial charge in [0.05, 0.1) is 6.04 Å². The van der Waals surface area contributed by atoms with Crippen LogP contribution < -0.4 is 16.4 Å². The molecule has 0 radical (unpaired) electrons. The third-order valence-electron chi connectivity index (χ3n) is 5.30. The molecule has 1 aliphatic heterocycles. The zero-order chi connectivity index (χ0) is 24.5. The molecule has 12 heteroatoms. The van der Waals surface area contributed by atoms with Crippen LogP contribution in [0.4, 0.5) is 22.0 Å². The van der Waals surface area contributed by atoms with Crippen LogP contribution in [0.1, 0.15) is 55.3 Å². The highest BCUT2D eigenvalue weighted by Gasteiger charge is 2.29. The molecule has 1 atom stereocenters. The monoisotopic (exact) mass is 478 g/mol.